The van der Waals surface area contributed by atoms with E-state index in [4.69, 9.17) is 18.9 Å². The first kappa shape index (κ1) is 21.8. The zero-order valence-corrected chi connectivity index (χ0v) is 16.8. The Morgan fingerprint density at radius 1 is 1.10 bits per heavy atom. The molecule has 0 aliphatic rings. The van der Waals surface area contributed by atoms with E-state index in [1.54, 1.807) is 6.92 Å². The Kier molecular flexibility index (Phi) is 6.87. The number of aryl methyl sites for hydroxylation is 1. The van der Waals surface area contributed by atoms with Gasteiger partial charge in [-0.1, -0.05) is 0 Å². The van der Waals surface area contributed by atoms with Crippen molar-refractivity contribution in [1.82, 2.24) is 4.98 Å². The standard InChI is InChI=1S/C20H23NO8/c1-10-6-14(23)18(20(25)21-10)13(9-17(24)28-5)12-7-15(26-3)19(29-11(2)22)16(8-12)27-4/h6-8,13H,9H2,1-5H3,(H2,21,23,25). The van der Waals surface area contributed by atoms with Crippen LogP contribution in [0.15, 0.2) is 23.0 Å². The summed E-state index contributed by atoms with van der Waals surface area (Å²) in [5.74, 6) is -1.92. The van der Waals surface area contributed by atoms with Crippen LogP contribution in [0.25, 0.3) is 0 Å². The number of rotatable bonds is 7. The van der Waals surface area contributed by atoms with Gasteiger partial charge < -0.3 is 29.0 Å². The lowest BCUT2D eigenvalue weighted by Crippen LogP contribution is -2.21. The summed E-state index contributed by atoms with van der Waals surface area (Å²) in [5, 5.41) is 10.4. The summed E-state index contributed by atoms with van der Waals surface area (Å²) >= 11 is 0. The van der Waals surface area contributed by atoms with Crippen molar-refractivity contribution in [3.63, 3.8) is 0 Å². The van der Waals surface area contributed by atoms with Gasteiger partial charge in [0.1, 0.15) is 5.75 Å². The van der Waals surface area contributed by atoms with E-state index in [2.05, 4.69) is 4.98 Å². The number of ether oxygens (including phenoxy) is 4. The monoisotopic (exact) mass is 405 g/mol. The van der Waals surface area contributed by atoms with Gasteiger partial charge in [0.2, 0.25) is 5.75 Å². The van der Waals surface area contributed by atoms with Crippen molar-refractivity contribution in [1.29, 1.82) is 0 Å². The number of hydrogen-bond donors (Lipinski definition) is 2. The average molecular weight is 405 g/mol. The first-order valence-electron chi connectivity index (χ1n) is 8.65. The highest BCUT2D eigenvalue weighted by Gasteiger charge is 2.28. The van der Waals surface area contributed by atoms with E-state index < -0.39 is 23.4 Å². The fourth-order valence-corrected chi connectivity index (χ4v) is 3.00. The second kappa shape index (κ2) is 9.13. The molecule has 0 fully saturated rings. The minimum Gasteiger partial charge on any atom is -0.507 e. The smallest absolute Gasteiger partial charge is 0.308 e. The van der Waals surface area contributed by atoms with Crippen molar-refractivity contribution in [2.24, 2.45) is 0 Å². The van der Waals surface area contributed by atoms with Crippen LogP contribution in [0.5, 0.6) is 23.0 Å². The van der Waals surface area contributed by atoms with Crippen LogP contribution in [0.1, 0.15) is 36.1 Å². The van der Waals surface area contributed by atoms with Crippen LogP contribution in [0.3, 0.4) is 0 Å². The lowest BCUT2D eigenvalue weighted by atomic mass is 9.88. The van der Waals surface area contributed by atoms with E-state index >= 15 is 0 Å². The number of aromatic nitrogens is 1. The molecule has 156 valence electrons. The summed E-state index contributed by atoms with van der Waals surface area (Å²) in [6.45, 7) is 2.86. The van der Waals surface area contributed by atoms with Crippen molar-refractivity contribution in [3.05, 3.63) is 45.4 Å². The predicted molar refractivity (Wildman–Crippen MR) is 103 cm³/mol. The van der Waals surface area contributed by atoms with Crippen LogP contribution in [0, 0.1) is 6.92 Å². The Bertz CT molecular complexity index is 954. The van der Waals surface area contributed by atoms with E-state index in [0.29, 0.717) is 11.3 Å². The Hall–Kier alpha value is -3.49. The number of aromatic amines is 1. The third kappa shape index (κ3) is 4.87. The molecular formula is C20H23NO8. The molecule has 0 aliphatic carbocycles. The maximum Gasteiger partial charge on any atom is 0.308 e. The maximum atomic E-state index is 12.6. The van der Waals surface area contributed by atoms with Crippen LogP contribution in [-0.4, -0.2) is 43.4 Å². The summed E-state index contributed by atoms with van der Waals surface area (Å²) in [4.78, 5) is 38.6. The van der Waals surface area contributed by atoms with Crippen LogP contribution in [-0.2, 0) is 14.3 Å². The third-order valence-electron chi connectivity index (χ3n) is 4.26. The summed E-state index contributed by atoms with van der Waals surface area (Å²) in [6.07, 6.45) is -0.227. The van der Waals surface area contributed by atoms with E-state index in [-0.39, 0.29) is 35.0 Å². The molecule has 1 aromatic carbocycles. The van der Waals surface area contributed by atoms with E-state index in [1.165, 1.54) is 46.5 Å². The molecule has 1 unspecified atom stereocenters. The normalized spacial score (nSPS) is 11.5. The molecule has 9 nitrogen and oxygen atoms in total. The van der Waals surface area contributed by atoms with Gasteiger partial charge in [-0.2, -0.15) is 0 Å². The van der Waals surface area contributed by atoms with Gasteiger partial charge in [0, 0.05) is 18.5 Å². The number of carbonyl (C=O) groups excluding carboxylic acids is 2. The minimum atomic E-state index is -0.874. The molecule has 0 radical (unpaired) electrons. The van der Waals surface area contributed by atoms with Crippen LogP contribution < -0.4 is 19.8 Å². The number of esters is 2. The number of methoxy groups -OCH3 is 3. The maximum absolute atomic E-state index is 12.6. The largest absolute Gasteiger partial charge is 0.507 e. The minimum absolute atomic E-state index is 0.00894. The zero-order valence-electron chi connectivity index (χ0n) is 16.8. The van der Waals surface area contributed by atoms with Crippen LogP contribution >= 0.6 is 0 Å². The SMILES string of the molecule is COC(=O)CC(c1cc(OC)c(OC(C)=O)c(OC)c1)c1c(O)cc(C)[nH]c1=O. The Balaban J connectivity index is 2.73. The van der Waals surface area contributed by atoms with Gasteiger partial charge in [-0.05, 0) is 30.7 Å². The molecule has 0 bridgehead atoms. The van der Waals surface area contributed by atoms with Gasteiger partial charge in [0.15, 0.2) is 11.5 Å². The van der Waals surface area contributed by atoms with Crippen molar-refractivity contribution in [3.8, 4) is 23.0 Å². The highest BCUT2D eigenvalue weighted by atomic mass is 16.6. The van der Waals surface area contributed by atoms with Crippen molar-refractivity contribution < 1.29 is 33.6 Å². The molecule has 0 saturated carbocycles. The van der Waals surface area contributed by atoms with Crippen molar-refractivity contribution in [2.75, 3.05) is 21.3 Å². The second-order valence-electron chi connectivity index (χ2n) is 6.26. The number of benzene rings is 1. The fourth-order valence-electron chi connectivity index (χ4n) is 3.00. The van der Waals surface area contributed by atoms with E-state index in [9.17, 15) is 19.5 Å². The number of nitrogens with one attached hydrogen (secondary N) is 1. The quantitative estimate of drug-likeness (QED) is 0.530. The lowest BCUT2D eigenvalue weighted by Gasteiger charge is -2.20. The molecule has 0 spiro atoms. The molecule has 0 aliphatic heterocycles. The van der Waals surface area contributed by atoms with Crippen LogP contribution in [0.2, 0.25) is 0 Å². The number of aromatic hydroxyl groups is 1. The Labute approximate surface area is 167 Å². The predicted octanol–water partition coefficient (Wildman–Crippen LogP) is 2.03. The molecular weight excluding hydrogens is 382 g/mol. The second-order valence-corrected chi connectivity index (χ2v) is 6.26. The van der Waals surface area contributed by atoms with Gasteiger partial charge in [-0.15, -0.1) is 0 Å². The van der Waals surface area contributed by atoms with Gasteiger partial charge >= 0.3 is 11.9 Å². The summed E-state index contributed by atoms with van der Waals surface area (Å²) < 4.78 is 20.5. The third-order valence-corrected chi connectivity index (χ3v) is 4.26. The first-order chi connectivity index (χ1) is 13.7. The highest BCUT2D eigenvalue weighted by Crippen LogP contribution is 2.43. The molecule has 2 N–H and O–H groups in total. The van der Waals surface area contributed by atoms with E-state index in [1.807, 2.05) is 0 Å². The van der Waals surface area contributed by atoms with Crippen LogP contribution in [0.4, 0.5) is 0 Å². The molecule has 1 heterocycles. The van der Waals surface area contributed by atoms with E-state index in [0.717, 1.165) is 0 Å². The highest BCUT2D eigenvalue weighted by molar-refractivity contribution is 5.74. The molecule has 29 heavy (non-hydrogen) atoms. The summed E-state index contributed by atoms with van der Waals surface area (Å²) in [7, 11) is 3.97. The molecule has 2 aromatic rings. The molecule has 0 saturated heterocycles. The topological polar surface area (TPSA) is 124 Å². The lowest BCUT2D eigenvalue weighted by molar-refractivity contribution is -0.140. The van der Waals surface area contributed by atoms with Gasteiger partial charge in [-0.3, -0.25) is 14.4 Å². The molecule has 0 amide bonds. The Morgan fingerprint density at radius 3 is 2.14 bits per heavy atom. The number of pyridine rings is 1. The summed E-state index contributed by atoms with van der Waals surface area (Å²) in [5.41, 5.74) is 0.335. The number of H-pyrrole nitrogens is 1. The fraction of sp³-hybridized carbons (Fsp3) is 0.350. The number of hydrogen-bond acceptors (Lipinski definition) is 8. The molecule has 9 heteroatoms. The molecule has 1 atom stereocenters. The van der Waals surface area contributed by atoms with Crippen molar-refractivity contribution >= 4 is 11.9 Å². The van der Waals surface area contributed by atoms with Gasteiger partial charge in [0.25, 0.3) is 5.56 Å². The van der Waals surface area contributed by atoms with Gasteiger partial charge in [-0.25, -0.2) is 0 Å². The molecule has 2 rings (SSSR count). The molecule has 1 aromatic heterocycles. The van der Waals surface area contributed by atoms with Crippen molar-refractivity contribution in [2.45, 2.75) is 26.2 Å². The zero-order chi connectivity index (χ0) is 21.7. The van der Waals surface area contributed by atoms with Gasteiger partial charge in [0.05, 0.1) is 33.3 Å². The summed E-state index contributed by atoms with van der Waals surface area (Å²) in [6, 6.07) is 4.41. The first-order valence-corrected chi connectivity index (χ1v) is 8.65. The number of carbonyl (C=O) groups is 2. The average Bonchev–Trinajstić information content (AvgIpc) is 2.65. The Morgan fingerprint density at radius 2 is 1.69 bits per heavy atom.